The number of ketones is 1. The maximum atomic E-state index is 12.7. The van der Waals surface area contributed by atoms with Crippen molar-refractivity contribution >= 4 is 39.9 Å². The molecule has 0 bridgehead atoms. The van der Waals surface area contributed by atoms with Crippen LogP contribution in [0.4, 0.5) is 11.5 Å². The molecule has 0 saturated carbocycles. The van der Waals surface area contributed by atoms with Crippen molar-refractivity contribution in [2.24, 2.45) is 5.92 Å². The average Bonchev–Trinajstić information content (AvgIpc) is 3.21. The number of hydrogen-bond acceptors (Lipinski definition) is 7. The summed E-state index contributed by atoms with van der Waals surface area (Å²) in [5, 5.41) is 1.86. The third-order valence-electron chi connectivity index (χ3n) is 5.83. The number of aromatic amines is 1. The van der Waals surface area contributed by atoms with Crippen LogP contribution in [0.25, 0.3) is 10.8 Å². The number of anilines is 2. The summed E-state index contributed by atoms with van der Waals surface area (Å²) >= 11 is 0. The Bertz CT molecular complexity index is 1400. The van der Waals surface area contributed by atoms with Gasteiger partial charge in [0.2, 0.25) is 11.7 Å². The van der Waals surface area contributed by atoms with E-state index in [1.165, 1.54) is 0 Å². The molecule has 2 aromatic carbocycles. The van der Waals surface area contributed by atoms with Crippen molar-refractivity contribution in [2.45, 2.75) is 26.3 Å². The first kappa shape index (κ1) is 23.0. The van der Waals surface area contributed by atoms with Gasteiger partial charge < -0.3 is 15.4 Å². The third-order valence-corrected chi connectivity index (χ3v) is 5.83. The highest BCUT2D eigenvalue weighted by atomic mass is 16.5. The lowest BCUT2D eigenvalue weighted by Crippen LogP contribution is -2.37. The minimum atomic E-state index is -0.936. The SMILES string of the molecule is CCCn1c(N)c(C(=O)COC(=O)C2CC(=O)N(c3cccc4ccccc34)C2)c(=O)[nH]c1=O. The molecule has 3 aromatic rings. The van der Waals surface area contributed by atoms with Gasteiger partial charge in [-0.25, -0.2) is 4.79 Å². The highest BCUT2D eigenvalue weighted by Crippen LogP contribution is 2.32. The number of nitrogens with zero attached hydrogens (tertiary/aromatic N) is 2. The predicted molar refractivity (Wildman–Crippen MR) is 126 cm³/mol. The van der Waals surface area contributed by atoms with E-state index in [1.54, 1.807) is 4.90 Å². The Hall–Kier alpha value is -4.21. The fourth-order valence-electron chi connectivity index (χ4n) is 4.17. The molecule has 0 radical (unpaired) electrons. The number of amides is 1. The Balaban J connectivity index is 1.47. The predicted octanol–water partition coefficient (Wildman–Crippen LogP) is 1.46. The number of carbonyl (C=O) groups is 3. The molecule has 1 aliphatic heterocycles. The molecular weight excluding hydrogens is 440 g/mol. The van der Waals surface area contributed by atoms with E-state index >= 15 is 0 Å². The molecule has 176 valence electrons. The number of benzene rings is 2. The lowest BCUT2D eigenvalue weighted by Gasteiger charge is -2.18. The molecule has 2 heterocycles. The van der Waals surface area contributed by atoms with Crippen LogP contribution in [0.1, 0.15) is 30.1 Å². The molecule has 4 rings (SSSR count). The zero-order valence-electron chi connectivity index (χ0n) is 18.6. The minimum absolute atomic E-state index is 0.0552. The maximum Gasteiger partial charge on any atom is 0.329 e. The number of nitrogens with one attached hydrogen (secondary N) is 1. The number of rotatable bonds is 7. The van der Waals surface area contributed by atoms with Gasteiger partial charge in [0.05, 0.1) is 11.6 Å². The number of ether oxygens (including phenoxy) is 1. The summed E-state index contributed by atoms with van der Waals surface area (Å²) in [5.74, 6) is -2.80. The van der Waals surface area contributed by atoms with E-state index in [-0.39, 0.29) is 31.2 Å². The fraction of sp³-hybridized carbons (Fsp3) is 0.292. The van der Waals surface area contributed by atoms with Crippen molar-refractivity contribution in [2.75, 3.05) is 23.8 Å². The number of fused-ring (bicyclic) bond motifs is 1. The minimum Gasteiger partial charge on any atom is -0.457 e. The Morgan fingerprint density at radius 2 is 1.85 bits per heavy atom. The topological polar surface area (TPSA) is 145 Å². The van der Waals surface area contributed by atoms with Crippen molar-refractivity contribution in [3.8, 4) is 0 Å². The van der Waals surface area contributed by atoms with Crippen LogP contribution >= 0.6 is 0 Å². The van der Waals surface area contributed by atoms with E-state index in [0.717, 1.165) is 15.3 Å². The summed E-state index contributed by atoms with van der Waals surface area (Å²) in [7, 11) is 0. The molecule has 10 nitrogen and oxygen atoms in total. The van der Waals surface area contributed by atoms with Gasteiger partial charge in [-0.15, -0.1) is 0 Å². The quantitative estimate of drug-likeness (QED) is 0.398. The highest BCUT2D eigenvalue weighted by molar-refractivity contribution is 6.07. The van der Waals surface area contributed by atoms with Crippen molar-refractivity contribution in [1.82, 2.24) is 9.55 Å². The monoisotopic (exact) mass is 464 g/mol. The standard InChI is InChI=1S/C24H24N4O6/c1-2-10-27-21(25)20(22(31)26-24(27)33)18(29)13-34-23(32)15-11-19(30)28(12-15)17-9-5-7-14-6-3-4-8-16(14)17/h3-9,15H,2,10-13,25H2,1H3,(H,26,31,33). The van der Waals surface area contributed by atoms with Crippen LogP contribution < -0.4 is 21.9 Å². The van der Waals surface area contributed by atoms with Crippen molar-refractivity contribution in [3.05, 3.63) is 68.9 Å². The molecule has 1 aliphatic rings. The third kappa shape index (κ3) is 4.21. The van der Waals surface area contributed by atoms with Crippen LogP contribution in [0, 0.1) is 5.92 Å². The molecule has 1 fully saturated rings. The van der Waals surface area contributed by atoms with Crippen molar-refractivity contribution < 1.29 is 19.1 Å². The number of carbonyl (C=O) groups excluding carboxylic acids is 3. The molecule has 1 saturated heterocycles. The zero-order chi connectivity index (χ0) is 24.4. The van der Waals surface area contributed by atoms with Gasteiger partial charge in [0, 0.05) is 24.9 Å². The highest BCUT2D eigenvalue weighted by Gasteiger charge is 2.37. The summed E-state index contributed by atoms with van der Waals surface area (Å²) in [4.78, 5) is 65.6. The number of esters is 1. The number of Topliss-reactive ketones (excluding diaryl/α,β-unsaturated/α-hetero) is 1. The van der Waals surface area contributed by atoms with Gasteiger partial charge in [-0.05, 0) is 17.9 Å². The van der Waals surface area contributed by atoms with Gasteiger partial charge in [0.25, 0.3) is 5.56 Å². The van der Waals surface area contributed by atoms with Crippen molar-refractivity contribution in [3.63, 3.8) is 0 Å². The summed E-state index contributed by atoms with van der Waals surface area (Å²) in [6, 6.07) is 13.2. The first-order chi connectivity index (χ1) is 16.3. The van der Waals surface area contributed by atoms with Gasteiger partial charge in [-0.2, -0.15) is 0 Å². The van der Waals surface area contributed by atoms with Crippen LogP contribution in [0.2, 0.25) is 0 Å². The lowest BCUT2D eigenvalue weighted by molar-refractivity contribution is -0.147. The zero-order valence-corrected chi connectivity index (χ0v) is 18.6. The van der Waals surface area contributed by atoms with E-state index in [4.69, 9.17) is 10.5 Å². The van der Waals surface area contributed by atoms with Crippen LogP contribution in [-0.4, -0.2) is 40.4 Å². The second-order valence-electron chi connectivity index (χ2n) is 8.11. The average molecular weight is 464 g/mol. The maximum absolute atomic E-state index is 12.7. The number of nitrogen functional groups attached to an aromatic ring is 1. The Morgan fingerprint density at radius 3 is 2.62 bits per heavy atom. The lowest BCUT2D eigenvalue weighted by atomic mass is 10.1. The Kier molecular flexibility index (Phi) is 6.31. The Morgan fingerprint density at radius 1 is 1.12 bits per heavy atom. The molecule has 34 heavy (non-hydrogen) atoms. The fourth-order valence-corrected chi connectivity index (χ4v) is 4.17. The van der Waals surface area contributed by atoms with E-state index in [1.807, 2.05) is 49.4 Å². The Labute approximate surface area is 193 Å². The summed E-state index contributed by atoms with van der Waals surface area (Å²) in [6.45, 7) is 1.42. The molecular formula is C24H24N4O6. The second kappa shape index (κ2) is 9.34. The van der Waals surface area contributed by atoms with Gasteiger partial charge >= 0.3 is 11.7 Å². The van der Waals surface area contributed by atoms with E-state index < -0.39 is 41.1 Å². The largest absolute Gasteiger partial charge is 0.457 e. The number of nitrogens with two attached hydrogens (primary N) is 1. The number of H-pyrrole nitrogens is 1. The number of aromatic nitrogens is 2. The molecule has 10 heteroatoms. The van der Waals surface area contributed by atoms with Crippen LogP contribution in [-0.2, 0) is 20.9 Å². The summed E-state index contributed by atoms with van der Waals surface area (Å²) in [5.41, 5.74) is 4.50. The van der Waals surface area contributed by atoms with E-state index in [9.17, 15) is 24.0 Å². The molecule has 3 N–H and O–H groups in total. The van der Waals surface area contributed by atoms with Gasteiger partial charge in [-0.1, -0.05) is 43.3 Å². The van der Waals surface area contributed by atoms with Crippen LogP contribution in [0.3, 0.4) is 0 Å². The summed E-state index contributed by atoms with van der Waals surface area (Å²) in [6.07, 6.45) is 0.502. The van der Waals surface area contributed by atoms with Crippen molar-refractivity contribution in [1.29, 1.82) is 0 Å². The number of hydrogen-bond donors (Lipinski definition) is 2. The normalized spacial score (nSPS) is 15.6. The first-order valence-electron chi connectivity index (χ1n) is 10.9. The first-order valence-corrected chi connectivity index (χ1v) is 10.9. The van der Waals surface area contributed by atoms with Gasteiger partial charge in [0.15, 0.2) is 6.61 Å². The molecule has 1 amide bonds. The second-order valence-corrected chi connectivity index (χ2v) is 8.11. The molecule has 1 unspecified atom stereocenters. The van der Waals surface area contributed by atoms with Gasteiger partial charge in [-0.3, -0.25) is 28.7 Å². The van der Waals surface area contributed by atoms with Crippen LogP contribution in [0.5, 0.6) is 0 Å². The molecule has 0 aliphatic carbocycles. The smallest absolute Gasteiger partial charge is 0.329 e. The van der Waals surface area contributed by atoms with E-state index in [0.29, 0.717) is 12.1 Å². The molecule has 1 aromatic heterocycles. The molecule has 0 spiro atoms. The summed E-state index contributed by atoms with van der Waals surface area (Å²) < 4.78 is 6.23. The van der Waals surface area contributed by atoms with Crippen LogP contribution in [0.15, 0.2) is 52.1 Å². The van der Waals surface area contributed by atoms with E-state index in [2.05, 4.69) is 4.98 Å². The van der Waals surface area contributed by atoms with Gasteiger partial charge in [0.1, 0.15) is 11.4 Å². The molecule has 1 atom stereocenters.